The third-order valence-electron chi connectivity index (χ3n) is 6.73. The summed E-state index contributed by atoms with van der Waals surface area (Å²) >= 11 is 1.43. The Balaban J connectivity index is 1.58. The first kappa shape index (κ1) is 26.8. The zero-order valence-corrected chi connectivity index (χ0v) is 22.5. The molecule has 1 unspecified atom stereocenters. The molecule has 9 nitrogen and oxygen atoms in total. The van der Waals surface area contributed by atoms with Gasteiger partial charge in [0.2, 0.25) is 5.91 Å². The highest BCUT2D eigenvalue weighted by Gasteiger charge is 2.42. The number of amidine groups is 1. The standard InChI is InChI=1S/C27H33N3O6S/c1-5-35-25(32)18-11-13-29(14-12-18)22(31)15-19-16-37-27-28-17(3)23(26(33)36-6-2)24(30(19)27)20-9-7-8-10-21(20)34-4/h7-10,16,18,24H,5-6,11-15H2,1-4H3. The number of piperidine rings is 1. The SMILES string of the molecule is CCOC(=O)C1=C(C)N=C2SC=C(CC(=O)N3CCC(C(=O)OCC)CC3)N2C1c1ccccc1OC. The van der Waals surface area contributed by atoms with Crippen molar-refractivity contribution in [1.29, 1.82) is 0 Å². The Hall–Kier alpha value is -3.27. The zero-order valence-electron chi connectivity index (χ0n) is 21.7. The molecule has 0 saturated carbocycles. The van der Waals surface area contributed by atoms with Crippen LogP contribution in [0.5, 0.6) is 5.75 Å². The Morgan fingerprint density at radius 2 is 1.78 bits per heavy atom. The summed E-state index contributed by atoms with van der Waals surface area (Å²) < 4.78 is 16.2. The van der Waals surface area contributed by atoms with E-state index in [-0.39, 0.29) is 30.8 Å². The summed E-state index contributed by atoms with van der Waals surface area (Å²) in [7, 11) is 1.59. The minimum Gasteiger partial charge on any atom is -0.496 e. The van der Waals surface area contributed by atoms with Crippen molar-refractivity contribution in [3.63, 3.8) is 0 Å². The van der Waals surface area contributed by atoms with E-state index in [4.69, 9.17) is 19.2 Å². The van der Waals surface area contributed by atoms with E-state index >= 15 is 0 Å². The van der Waals surface area contributed by atoms with Crippen molar-refractivity contribution in [1.82, 2.24) is 9.80 Å². The van der Waals surface area contributed by atoms with Gasteiger partial charge in [-0.25, -0.2) is 9.79 Å². The van der Waals surface area contributed by atoms with Gasteiger partial charge >= 0.3 is 11.9 Å². The molecule has 1 atom stereocenters. The van der Waals surface area contributed by atoms with E-state index in [0.717, 1.165) is 11.3 Å². The Labute approximate surface area is 221 Å². The number of likely N-dealkylation sites (tertiary alicyclic amines) is 1. The van der Waals surface area contributed by atoms with Gasteiger partial charge in [-0.3, -0.25) is 9.59 Å². The Morgan fingerprint density at radius 3 is 2.46 bits per heavy atom. The molecule has 0 spiro atoms. The van der Waals surface area contributed by atoms with Gasteiger partial charge in [-0.1, -0.05) is 30.0 Å². The van der Waals surface area contributed by atoms with Crippen molar-refractivity contribution in [2.75, 3.05) is 33.4 Å². The summed E-state index contributed by atoms with van der Waals surface area (Å²) in [6.07, 6.45) is 1.33. The van der Waals surface area contributed by atoms with Gasteiger partial charge in [0.15, 0.2) is 5.17 Å². The van der Waals surface area contributed by atoms with Crippen LogP contribution in [0.2, 0.25) is 0 Å². The molecule has 0 bridgehead atoms. The highest BCUT2D eigenvalue weighted by molar-refractivity contribution is 8.16. The van der Waals surface area contributed by atoms with Crippen LogP contribution >= 0.6 is 11.8 Å². The number of ether oxygens (including phenoxy) is 3. The van der Waals surface area contributed by atoms with Gasteiger partial charge in [-0.2, -0.15) is 0 Å². The van der Waals surface area contributed by atoms with Crippen molar-refractivity contribution in [3.05, 3.63) is 52.2 Å². The molecule has 3 heterocycles. The third kappa shape index (κ3) is 5.53. The predicted molar refractivity (Wildman–Crippen MR) is 141 cm³/mol. The molecule has 1 amide bonds. The van der Waals surface area contributed by atoms with E-state index in [1.165, 1.54) is 11.8 Å². The number of carbonyl (C=O) groups is 3. The van der Waals surface area contributed by atoms with E-state index in [0.29, 0.717) is 54.7 Å². The Bertz CT molecular complexity index is 1150. The molecule has 1 aromatic carbocycles. The van der Waals surface area contributed by atoms with Crippen LogP contribution in [0, 0.1) is 5.92 Å². The fourth-order valence-corrected chi connectivity index (χ4v) is 5.88. The van der Waals surface area contributed by atoms with Crippen LogP contribution in [-0.2, 0) is 23.9 Å². The van der Waals surface area contributed by atoms with E-state index in [1.54, 1.807) is 32.8 Å². The van der Waals surface area contributed by atoms with Crippen molar-refractivity contribution in [3.8, 4) is 5.75 Å². The van der Waals surface area contributed by atoms with Crippen LogP contribution in [0.3, 0.4) is 0 Å². The molecule has 3 aliphatic heterocycles. The van der Waals surface area contributed by atoms with Gasteiger partial charge in [0, 0.05) is 24.4 Å². The number of hydrogen-bond donors (Lipinski definition) is 0. The lowest BCUT2D eigenvalue weighted by Crippen LogP contribution is -2.42. The number of amides is 1. The number of thioether (sulfide) groups is 1. The van der Waals surface area contributed by atoms with Gasteiger partial charge in [0.05, 0.1) is 50.0 Å². The number of methoxy groups -OCH3 is 1. The molecule has 10 heteroatoms. The first-order valence-electron chi connectivity index (χ1n) is 12.6. The summed E-state index contributed by atoms with van der Waals surface area (Å²) in [6.45, 7) is 6.98. The molecule has 0 N–H and O–H groups in total. The molecule has 0 aromatic heterocycles. The lowest BCUT2D eigenvalue weighted by molar-refractivity contribution is -0.151. The average molecular weight is 528 g/mol. The fraction of sp³-hybridized carbons (Fsp3) is 0.481. The van der Waals surface area contributed by atoms with Crippen LogP contribution in [0.1, 0.15) is 51.6 Å². The first-order valence-corrected chi connectivity index (χ1v) is 13.5. The Kier molecular flexibility index (Phi) is 8.58. The number of carbonyl (C=O) groups excluding carboxylic acids is 3. The quantitative estimate of drug-likeness (QED) is 0.468. The maximum Gasteiger partial charge on any atom is 0.338 e. The van der Waals surface area contributed by atoms with E-state index in [9.17, 15) is 14.4 Å². The summed E-state index contributed by atoms with van der Waals surface area (Å²) in [5.41, 5.74) is 2.55. The molecule has 1 fully saturated rings. The molecule has 198 valence electrons. The van der Waals surface area contributed by atoms with E-state index in [2.05, 4.69) is 0 Å². The van der Waals surface area contributed by atoms with Crippen LogP contribution in [-0.4, -0.2) is 66.2 Å². The summed E-state index contributed by atoms with van der Waals surface area (Å²) in [5.74, 6) is -0.194. The van der Waals surface area contributed by atoms with Crippen molar-refractivity contribution in [2.24, 2.45) is 10.9 Å². The second-order valence-electron chi connectivity index (χ2n) is 8.94. The number of nitrogens with zero attached hydrogens (tertiary/aromatic N) is 3. The van der Waals surface area contributed by atoms with Crippen molar-refractivity contribution in [2.45, 2.75) is 46.1 Å². The minimum absolute atomic E-state index is 0.0295. The maximum atomic E-state index is 13.3. The molecule has 3 aliphatic rings. The maximum absolute atomic E-state index is 13.3. The number of para-hydroxylation sites is 1. The molecule has 1 saturated heterocycles. The van der Waals surface area contributed by atoms with Crippen LogP contribution in [0.25, 0.3) is 0 Å². The summed E-state index contributed by atoms with van der Waals surface area (Å²) in [5, 5.41) is 2.62. The summed E-state index contributed by atoms with van der Waals surface area (Å²) in [4.78, 5) is 47.0. The molecule has 1 aromatic rings. The highest BCUT2D eigenvalue weighted by Crippen LogP contribution is 2.47. The second-order valence-corrected chi connectivity index (χ2v) is 9.78. The Morgan fingerprint density at radius 1 is 1.08 bits per heavy atom. The van der Waals surface area contributed by atoms with Crippen LogP contribution < -0.4 is 4.74 Å². The highest BCUT2D eigenvalue weighted by atomic mass is 32.2. The number of aliphatic imine (C=N–C) groups is 1. The molecule has 37 heavy (non-hydrogen) atoms. The molecule has 0 aliphatic carbocycles. The van der Waals surface area contributed by atoms with E-state index in [1.807, 2.05) is 34.6 Å². The smallest absolute Gasteiger partial charge is 0.338 e. The van der Waals surface area contributed by atoms with Crippen molar-refractivity contribution >= 4 is 34.8 Å². The van der Waals surface area contributed by atoms with Crippen LogP contribution in [0.15, 0.2) is 51.6 Å². The topological polar surface area (TPSA) is 97.7 Å². The predicted octanol–water partition coefficient (Wildman–Crippen LogP) is 4.03. The zero-order chi connectivity index (χ0) is 26.5. The number of hydrogen-bond acceptors (Lipinski definition) is 9. The molecule has 4 rings (SSSR count). The lowest BCUT2D eigenvalue weighted by Gasteiger charge is -2.37. The number of rotatable bonds is 8. The van der Waals surface area contributed by atoms with Gasteiger partial charge in [0.25, 0.3) is 0 Å². The van der Waals surface area contributed by atoms with Crippen LogP contribution in [0.4, 0.5) is 0 Å². The van der Waals surface area contributed by atoms with Gasteiger partial charge in [-0.05, 0) is 45.1 Å². The number of esters is 2. The average Bonchev–Trinajstić information content (AvgIpc) is 3.29. The first-order chi connectivity index (χ1) is 17.9. The molecular weight excluding hydrogens is 494 g/mol. The van der Waals surface area contributed by atoms with E-state index < -0.39 is 12.0 Å². The largest absolute Gasteiger partial charge is 0.496 e. The monoisotopic (exact) mass is 527 g/mol. The number of benzene rings is 1. The minimum atomic E-state index is -0.550. The summed E-state index contributed by atoms with van der Waals surface area (Å²) in [6, 6.07) is 6.99. The lowest BCUT2D eigenvalue weighted by atomic mass is 9.93. The van der Waals surface area contributed by atoms with Gasteiger partial charge in [0.1, 0.15) is 5.75 Å². The molecular formula is C27H33N3O6S. The normalized spacial score (nSPS) is 19.7. The van der Waals surface area contributed by atoms with Gasteiger partial charge < -0.3 is 24.0 Å². The third-order valence-corrected chi connectivity index (χ3v) is 7.62. The van der Waals surface area contributed by atoms with Gasteiger partial charge in [-0.15, -0.1) is 0 Å². The second kappa shape index (κ2) is 11.9. The number of allylic oxidation sites excluding steroid dienone is 1. The molecule has 0 radical (unpaired) electrons. The number of fused-ring (bicyclic) bond motifs is 1. The fourth-order valence-electron chi connectivity index (χ4n) is 4.92. The van der Waals surface area contributed by atoms with Crippen molar-refractivity contribution < 1.29 is 28.6 Å².